The Morgan fingerprint density at radius 3 is 2.40 bits per heavy atom. The fraction of sp³-hybridized carbons (Fsp3) is 0.667. The summed E-state index contributed by atoms with van der Waals surface area (Å²) in [5.41, 5.74) is 1.18. The Bertz CT molecular complexity index is 265. The van der Waals surface area contributed by atoms with E-state index in [4.69, 9.17) is 0 Å². The molecule has 0 spiro atoms. The van der Waals surface area contributed by atoms with E-state index in [1.54, 1.807) is 6.33 Å². The van der Waals surface area contributed by atoms with E-state index in [0.29, 0.717) is 6.04 Å². The van der Waals surface area contributed by atoms with Crippen molar-refractivity contribution in [2.24, 2.45) is 0 Å². The SMILES string of the molecule is c1ncc(CNC2CCCCCC2)cn1. The molecule has 1 N–H and O–H groups in total. The van der Waals surface area contributed by atoms with E-state index < -0.39 is 0 Å². The zero-order chi connectivity index (χ0) is 10.3. The minimum Gasteiger partial charge on any atom is -0.310 e. The summed E-state index contributed by atoms with van der Waals surface area (Å²) in [7, 11) is 0. The molecule has 0 bridgehead atoms. The van der Waals surface area contributed by atoms with Crippen molar-refractivity contribution in [1.82, 2.24) is 15.3 Å². The highest BCUT2D eigenvalue weighted by Gasteiger charge is 2.10. The summed E-state index contributed by atoms with van der Waals surface area (Å²) in [6.07, 6.45) is 13.6. The Labute approximate surface area is 91.3 Å². The summed E-state index contributed by atoms with van der Waals surface area (Å²) in [4.78, 5) is 8.03. The summed E-state index contributed by atoms with van der Waals surface area (Å²) in [5, 5.41) is 3.60. The molecule has 1 saturated carbocycles. The number of rotatable bonds is 3. The number of nitrogens with one attached hydrogen (secondary N) is 1. The van der Waals surface area contributed by atoms with Gasteiger partial charge < -0.3 is 5.32 Å². The molecular formula is C12H19N3. The van der Waals surface area contributed by atoms with Gasteiger partial charge in [-0.2, -0.15) is 0 Å². The molecule has 15 heavy (non-hydrogen) atoms. The molecule has 0 amide bonds. The lowest BCUT2D eigenvalue weighted by atomic mass is 10.1. The maximum Gasteiger partial charge on any atom is 0.115 e. The Hall–Kier alpha value is -0.960. The van der Waals surface area contributed by atoms with Gasteiger partial charge in [0.05, 0.1) is 0 Å². The van der Waals surface area contributed by atoms with E-state index in [-0.39, 0.29) is 0 Å². The van der Waals surface area contributed by atoms with Crippen molar-refractivity contribution in [3.8, 4) is 0 Å². The normalized spacial score (nSPS) is 18.7. The quantitative estimate of drug-likeness (QED) is 0.769. The summed E-state index contributed by atoms with van der Waals surface area (Å²) in [6, 6.07) is 0.702. The van der Waals surface area contributed by atoms with Gasteiger partial charge in [-0.05, 0) is 12.8 Å². The van der Waals surface area contributed by atoms with Gasteiger partial charge in [0, 0.05) is 30.5 Å². The van der Waals surface area contributed by atoms with Crippen molar-refractivity contribution in [2.45, 2.75) is 51.1 Å². The van der Waals surface area contributed by atoms with Gasteiger partial charge in [0.15, 0.2) is 0 Å². The van der Waals surface area contributed by atoms with Gasteiger partial charge in [0.1, 0.15) is 6.33 Å². The van der Waals surface area contributed by atoms with E-state index >= 15 is 0 Å². The van der Waals surface area contributed by atoms with Crippen LogP contribution in [0.25, 0.3) is 0 Å². The predicted octanol–water partition coefficient (Wildman–Crippen LogP) is 2.29. The summed E-state index contributed by atoms with van der Waals surface area (Å²) < 4.78 is 0. The highest BCUT2D eigenvalue weighted by molar-refractivity contribution is 5.01. The van der Waals surface area contributed by atoms with Crippen LogP contribution in [-0.2, 0) is 6.54 Å². The number of hydrogen-bond donors (Lipinski definition) is 1. The summed E-state index contributed by atoms with van der Waals surface area (Å²) in [6.45, 7) is 0.908. The third-order valence-corrected chi connectivity index (χ3v) is 3.06. The van der Waals surface area contributed by atoms with E-state index in [9.17, 15) is 0 Å². The minimum absolute atomic E-state index is 0.702. The largest absolute Gasteiger partial charge is 0.310 e. The van der Waals surface area contributed by atoms with Gasteiger partial charge in [-0.3, -0.25) is 0 Å². The molecule has 1 aromatic heterocycles. The van der Waals surface area contributed by atoms with E-state index in [2.05, 4.69) is 15.3 Å². The van der Waals surface area contributed by atoms with Crippen LogP contribution in [0.1, 0.15) is 44.1 Å². The molecule has 1 fully saturated rings. The summed E-state index contributed by atoms with van der Waals surface area (Å²) >= 11 is 0. The molecule has 3 nitrogen and oxygen atoms in total. The maximum absolute atomic E-state index is 4.02. The van der Waals surface area contributed by atoms with E-state index in [0.717, 1.165) is 6.54 Å². The first kappa shape index (κ1) is 10.6. The average Bonchev–Trinajstić information content (AvgIpc) is 2.56. The zero-order valence-corrected chi connectivity index (χ0v) is 9.15. The lowest BCUT2D eigenvalue weighted by Gasteiger charge is -2.15. The fourth-order valence-corrected chi connectivity index (χ4v) is 2.17. The van der Waals surface area contributed by atoms with Crippen LogP contribution in [0.4, 0.5) is 0 Å². The lowest BCUT2D eigenvalue weighted by molar-refractivity contribution is 0.458. The molecule has 1 aliphatic carbocycles. The van der Waals surface area contributed by atoms with Gasteiger partial charge in [0.25, 0.3) is 0 Å². The predicted molar refractivity (Wildman–Crippen MR) is 60.4 cm³/mol. The molecule has 0 aromatic carbocycles. The van der Waals surface area contributed by atoms with Crippen molar-refractivity contribution in [2.75, 3.05) is 0 Å². The average molecular weight is 205 g/mol. The Morgan fingerprint density at radius 1 is 1.07 bits per heavy atom. The second-order valence-corrected chi connectivity index (χ2v) is 4.32. The van der Waals surface area contributed by atoms with Gasteiger partial charge in [-0.1, -0.05) is 25.7 Å². The summed E-state index contributed by atoms with van der Waals surface area (Å²) in [5.74, 6) is 0. The standard InChI is InChI=1S/C12H19N3/c1-2-4-6-12(5-3-1)15-9-11-7-13-10-14-8-11/h7-8,10,12,15H,1-6,9H2. The first-order chi connectivity index (χ1) is 7.45. The molecule has 0 unspecified atom stereocenters. The van der Waals surface area contributed by atoms with Crippen LogP contribution < -0.4 is 5.32 Å². The lowest BCUT2D eigenvalue weighted by Crippen LogP contribution is -2.27. The second-order valence-electron chi connectivity index (χ2n) is 4.32. The number of hydrogen-bond acceptors (Lipinski definition) is 3. The van der Waals surface area contributed by atoms with Gasteiger partial charge in [-0.25, -0.2) is 9.97 Å². The van der Waals surface area contributed by atoms with E-state index in [1.165, 1.54) is 44.1 Å². The smallest absolute Gasteiger partial charge is 0.115 e. The van der Waals surface area contributed by atoms with Crippen LogP contribution in [-0.4, -0.2) is 16.0 Å². The molecule has 0 saturated heterocycles. The second kappa shape index (κ2) is 5.81. The van der Waals surface area contributed by atoms with Crippen molar-refractivity contribution >= 4 is 0 Å². The van der Waals surface area contributed by atoms with Crippen molar-refractivity contribution in [3.05, 3.63) is 24.3 Å². The minimum atomic E-state index is 0.702. The van der Waals surface area contributed by atoms with Crippen LogP contribution in [0.2, 0.25) is 0 Å². The number of nitrogens with zero attached hydrogens (tertiary/aromatic N) is 2. The zero-order valence-electron chi connectivity index (χ0n) is 9.15. The first-order valence-electron chi connectivity index (χ1n) is 5.92. The monoisotopic (exact) mass is 205 g/mol. The molecule has 0 aliphatic heterocycles. The highest BCUT2D eigenvalue weighted by atomic mass is 14.9. The topological polar surface area (TPSA) is 37.8 Å². The van der Waals surface area contributed by atoms with Crippen molar-refractivity contribution in [1.29, 1.82) is 0 Å². The molecule has 0 radical (unpaired) electrons. The van der Waals surface area contributed by atoms with Crippen LogP contribution in [0.3, 0.4) is 0 Å². The Balaban J connectivity index is 1.77. The molecule has 1 aromatic rings. The third kappa shape index (κ3) is 3.59. The molecule has 1 heterocycles. The van der Waals surface area contributed by atoms with Gasteiger partial charge >= 0.3 is 0 Å². The van der Waals surface area contributed by atoms with Crippen molar-refractivity contribution in [3.63, 3.8) is 0 Å². The first-order valence-corrected chi connectivity index (χ1v) is 5.92. The molecule has 3 heteroatoms. The Morgan fingerprint density at radius 2 is 1.73 bits per heavy atom. The molecule has 1 aliphatic rings. The highest BCUT2D eigenvalue weighted by Crippen LogP contribution is 2.17. The van der Waals surface area contributed by atoms with Crippen LogP contribution in [0.15, 0.2) is 18.7 Å². The van der Waals surface area contributed by atoms with Gasteiger partial charge in [-0.15, -0.1) is 0 Å². The van der Waals surface area contributed by atoms with Crippen LogP contribution in [0.5, 0.6) is 0 Å². The van der Waals surface area contributed by atoms with Crippen LogP contribution >= 0.6 is 0 Å². The maximum atomic E-state index is 4.02. The van der Waals surface area contributed by atoms with E-state index in [1.807, 2.05) is 12.4 Å². The Kier molecular flexibility index (Phi) is 4.09. The fourth-order valence-electron chi connectivity index (χ4n) is 2.17. The number of aromatic nitrogens is 2. The van der Waals surface area contributed by atoms with Crippen LogP contribution in [0, 0.1) is 0 Å². The van der Waals surface area contributed by atoms with Crippen molar-refractivity contribution < 1.29 is 0 Å². The van der Waals surface area contributed by atoms with Gasteiger partial charge in [0.2, 0.25) is 0 Å². The molecule has 2 rings (SSSR count). The third-order valence-electron chi connectivity index (χ3n) is 3.06. The molecular weight excluding hydrogens is 186 g/mol. The molecule has 82 valence electrons. The molecule has 0 atom stereocenters.